The second-order valence-electron chi connectivity index (χ2n) is 7.96. The Morgan fingerprint density at radius 3 is 2.58 bits per heavy atom. The van der Waals surface area contributed by atoms with Gasteiger partial charge in [0.1, 0.15) is 5.82 Å². The van der Waals surface area contributed by atoms with Crippen LogP contribution in [0.5, 0.6) is 0 Å². The number of aryl methyl sites for hydroxylation is 1. The van der Waals surface area contributed by atoms with E-state index in [0.29, 0.717) is 12.0 Å². The van der Waals surface area contributed by atoms with Gasteiger partial charge in [-0.3, -0.25) is 4.90 Å². The highest BCUT2D eigenvalue weighted by Crippen LogP contribution is 2.43. The second-order valence-corrected chi connectivity index (χ2v) is 7.96. The predicted molar refractivity (Wildman–Crippen MR) is 106 cm³/mol. The van der Waals surface area contributed by atoms with E-state index in [4.69, 9.17) is 15.7 Å². The molecule has 0 aliphatic carbocycles. The van der Waals surface area contributed by atoms with Crippen LogP contribution in [0.1, 0.15) is 30.4 Å². The van der Waals surface area contributed by atoms with Gasteiger partial charge >= 0.3 is 0 Å². The fraction of sp³-hybridized carbons (Fsp3) is 0.524. The molecule has 3 aliphatic rings. The molecule has 1 unspecified atom stereocenters. The normalized spacial score (nSPS) is 27.5. The minimum absolute atomic E-state index is 0.415. The maximum absolute atomic E-state index is 5.98. The number of rotatable bonds is 4. The van der Waals surface area contributed by atoms with Crippen molar-refractivity contribution in [3.8, 4) is 11.3 Å². The summed E-state index contributed by atoms with van der Waals surface area (Å²) in [4.78, 5) is 14.2. The summed E-state index contributed by atoms with van der Waals surface area (Å²) in [5.41, 5.74) is 10.5. The van der Waals surface area contributed by atoms with Crippen LogP contribution >= 0.6 is 0 Å². The van der Waals surface area contributed by atoms with Crippen LogP contribution < -0.4 is 10.6 Å². The molecule has 4 heterocycles. The quantitative estimate of drug-likeness (QED) is 0.918. The molecule has 3 fully saturated rings. The standard InChI is InChI=1S/C21H29N5/c1-14-23-19(15-4-6-18(7-5-15)25(2)3)11-20(24-14)21-10-16-8-9-26(21)13-17(16)12-22/h4-7,11,16-17,21H,8-10,12-13,22H2,1-3H3/t16-,17-,21+/m0/s1. The van der Waals surface area contributed by atoms with E-state index in [1.807, 2.05) is 6.92 Å². The molecule has 0 spiro atoms. The molecule has 2 aromatic rings. The van der Waals surface area contributed by atoms with Gasteiger partial charge in [-0.2, -0.15) is 0 Å². The average molecular weight is 351 g/mol. The second kappa shape index (κ2) is 6.97. The third kappa shape index (κ3) is 3.21. The van der Waals surface area contributed by atoms with Crippen LogP contribution in [0, 0.1) is 18.8 Å². The summed E-state index contributed by atoms with van der Waals surface area (Å²) < 4.78 is 0. The van der Waals surface area contributed by atoms with Crippen molar-refractivity contribution in [2.75, 3.05) is 38.6 Å². The first kappa shape index (κ1) is 17.4. The molecule has 5 rings (SSSR count). The average Bonchev–Trinajstić information content (AvgIpc) is 2.67. The van der Waals surface area contributed by atoms with Crippen molar-refractivity contribution < 1.29 is 0 Å². The van der Waals surface area contributed by atoms with Gasteiger partial charge in [-0.1, -0.05) is 12.1 Å². The molecule has 1 aromatic heterocycles. The molecule has 0 radical (unpaired) electrons. The van der Waals surface area contributed by atoms with Gasteiger partial charge in [0.2, 0.25) is 0 Å². The highest BCUT2D eigenvalue weighted by molar-refractivity contribution is 5.63. The minimum Gasteiger partial charge on any atom is -0.378 e. The highest BCUT2D eigenvalue weighted by Gasteiger charge is 2.40. The molecule has 26 heavy (non-hydrogen) atoms. The van der Waals surface area contributed by atoms with Crippen LogP contribution in [0.4, 0.5) is 5.69 Å². The summed E-state index contributed by atoms with van der Waals surface area (Å²) in [6, 6.07) is 11.2. The molecule has 0 amide bonds. The molecule has 0 saturated carbocycles. The molecule has 2 N–H and O–H groups in total. The van der Waals surface area contributed by atoms with Gasteiger partial charge in [-0.25, -0.2) is 9.97 Å². The van der Waals surface area contributed by atoms with E-state index in [2.05, 4.69) is 54.2 Å². The topological polar surface area (TPSA) is 58.3 Å². The fourth-order valence-corrected chi connectivity index (χ4v) is 4.55. The Morgan fingerprint density at radius 2 is 1.96 bits per heavy atom. The number of piperidine rings is 3. The molecular formula is C21H29N5. The van der Waals surface area contributed by atoms with Gasteiger partial charge in [-0.05, 0) is 62.9 Å². The molecule has 5 heteroatoms. The van der Waals surface area contributed by atoms with E-state index in [1.165, 1.54) is 30.8 Å². The Morgan fingerprint density at radius 1 is 1.19 bits per heavy atom. The first-order chi connectivity index (χ1) is 12.5. The summed E-state index contributed by atoms with van der Waals surface area (Å²) in [5, 5.41) is 0. The van der Waals surface area contributed by atoms with Crippen LogP contribution in [0.3, 0.4) is 0 Å². The number of hydrogen-bond acceptors (Lipinski definition) is 5. The smallest absolute Gasteiger partial charge is 0.126 e. The number of hydrogen-bond donors (Lipinski definition) is 1. The van der Waals surface area contributed by atoms with Crippen LogP contribution in [0.2, 0.25) is 0 Å². The molecule has 3 aliphatic heterocycles. The molecule has 5 nitrogen and oxygen atoms in total. The number of anilines is 1. The molecule has 3 saturated heterocycles. The lowest BCUT2D eigenvalue weighted by atomic mass is 9.75. The van der Waals surface area contributed by atoms with Crippen molar-refractivity contribution in [3.05, 3.63) is 41.9 Å². The van der Waals surface area contributed by atoms with Gasteiger partial charge in [0, 0.05) is 31.9 Å². The first-order valence-electron chi connectivity index (χ1n) is 9.62. The number of aromatic nitrogens is 2. The molecule has 138 valence electrons. The fourth-order valence-electron chi connectivity index (χ4n) is 4.55. The van der Waals surface area contributed by atoms with Gasteiger partial charge in [0.25, 0.3) is 0 Å². The molecular weight excluding hydrogens is 322 g/mol. The van der Waals surface area contributed by atoms with Crippen LogP contribution in [-0.2, 0) is 0 Å². The molecule has 1 aromatic carbocycles. The van der Waals surface area contributed by atoms with Crippen molar-refractivity contribution >= 4 is 5.69 Å². The van der Waals surface area contributed by atoms with Gasteiger partial charge < -0.3 is 10.6 Å². The van der Waals surface area contributed by atoms with Crippen LogP contribution in [-0.4, -0.2) is 48.6 Å². The zero-order chi connectivity index (χ0) is 18.3. The SMILES string of the molecule is Cc1nc(-c2ccc(N(C)C)cc2)cc([C@H]2C[C@@H]3CCN2C[C@@H]3CN)n1. The van der Waals surface area contributed by atoms with Gasteiger partial charge in [-0.15, -0.1) is 0 Å². The summed E-state index contributed by atoms with van der Waals surface area (Å²) in [6.45, 7) is 5.09. The van der Waals surface area contributed by atoms with Gasteiger partial charge in [0.05, 0.1) is 17.4 Å². The zero-order valence-electron chi connectivity index (χ0n) is 16.0. The van der Waals surface area contributed by atoms with Gasteiger partial charge in [0.15, 0.2) is 0 Å². The van der Waals surface area contributed by atoms with Crippen molar-refractivity contribution in [1.29, 1.82) is 0 Å². The zero-order valence-corrected chi connectivity index (χ0v) is 16.0. The van der Waals surface area contributed by atoms with Crippen molar-refractivity contribution in [1.82, 2.24) is 14.9 Å². The van der Waals surface area contributed by atoms with Crippen LogP contribution in [0.15, 0.2) is 30.3 Å². The van der Waals surface area contributed by atoms with E-state index in [-0.39, 0.29) is 0 Å². The lowest BCUT2D eigenvalue weighted by molar-refractivity contribution is 0.00189. The molecule has 4 atom stereocenters. The maximum atomic E-state index is 5.98. The first-order valence-corrected chi connectivity index (χ1v) is 9.62. The third-order valence-electron chi connectivity index (χ3n) is 6.07. The van der Waals surface area contributed by atoms with E-state index in [0.717, 1.165) is 36.1 Å². The Kier molecular flexibility index (Phi) is 4.67. The number of nitrogens with two attached hydrogens (primary N) is 1. The summed E-state index contributed by atoms with van der Waals surface area (Å²) >= 11 is 0. The monoisotopic (exact) mass is 351 g/mol. The van der Waals surface area contributed by atoms with E-state index in [1.54, 1.807) is 0 Å². The lowest BCUT2D eigenvalue weighted by Gasteiger charge is -2.49. The third-order valence-corrected chi connectivity index (χ3v) is 6.07. The summed E-state index contributed by atoms with van der Waals surface area (Å²) in [5.74, 6) is 2.25. The van der Waals surface area contributed by atoms with Crippen LogP contribution in [0.25, 0.3) is 11.3 Å². The van der Waals surface area contributed by atoms with Crippen molar-refractivity contribution in [3.63, 3.8) is 0 Å². The highest BCUT2D eigenvalue weighted by atomic mass is 15.2. The van der Waals surface area contributed by atoms with E-state index in [9.17, 15) is 0 Å². The van der Waals surface area contributed by atoms with E-state index < -0.39 is 0 Å². The number of benzene rings is 1. The minimum atomic E-state index is 0.415. The Hall–Kier alpha value is -1.98. The largest absolute Gasteiger partial charge is 0.378 e. The summed E-state index contributed by atoms with van der Waals surface area (Å²) in [6.07, 6.45) is 2.46. The van der Waals surface area contributed by atoms with Crippen molar-refractivity contribution in [2.45, 2.75) is 25.8 Å². The summed E-state index contributed by atoms with van der Waals surface area (Å²) in [7, 11) is 4.12. The lowest BCUT2D eigenvalue weighted by Crippen LogP contribution is -2.51. The predicted octanol–water partition coefficient (Wildman–Crippen LogP) is 2.86. The Balaban J connectivity index is 1.63. The maximum Gasteiger partial charge on any atom is 0.126 e. The van der Waals surface area contributed by atoms with Crippen molar-refractivity contribution in [2.24, 2.45) is 17.6 Å². The Bertz CT molecular complexity index is 770. The molecule has 2 bridgehead atoms. The Labute approximate surface area is 156 Å². The number of fused-ring (bicyclic) bond motifs is 3. The van der Waals surface area contributed by atoms with E-state index >= 15 is 0 Å². The number of nitrogens with zero attached hydrogens (tertiary/aromatic N) is 4.